The smallest absolute Gasteiger partial charge is 0.306 e. The summed E-state index contributed by atoms with van der Waals surface area (Å²) in [5, 5.41) is 0. The van der Waals surface area contributed by atoms with Crippen LogP contribution >= 0.6 is 0 Å². The van der Waals surface area contributed by atoms with Gasteiger partial charge in [0.25, 0.3) is 0 Å². The van der Waals surface area contributed by atoms with Gasteiger partial charge in [-0.2, -0.15) is 0 Å². The van der Waals surface area contributed by atoms with Gasteiger partial charge >= 0.3 is 11.9 Å². The predicted molar refractivity (Wildman–Crippen MR) is 315 cm³/mol. The molecule has 0 aromatic carbocycles. The lowest BCUT2D eigenvalue weighted by atomic mass is 10.1. The van der Waals surface area contributed by atoms with Crippen LogP contribution in [0.5, 0.6) is 0 Å². The molecule has 0 spiro atoms. The normalized spacial score (nSPS) is 13.2. The zero-order chi connectivity index (χ0) is 52.0. The van der Waals surface area contributed by atoms with Gasteiger partial charge in [-0.25, -0.2) is 0 Å². The van der Waals surface area contributed by atoms with E-state index in [1.165, 1.54) is 103 Å². The number of allylic oxidation sites excluding steroid dienone is 22. The molecule has 0 aromatic rings. The number of carbonyl (C=O) groups is 2. The molecule has 1 atom stereocenters. The third-order valence-corrected chi connectivity index (χ3v) is 12.2. The highest BCUT2D eigenvalue weighted by Crippen LogP contribution is 2.14. The highest BCUT2D eigenvalue weighted by Gasteiger charge is 2.17. The summed E-state index contributed by atoms with van der Waals surface area (Å²) in [7, 11) is 0. The van der Waals surface area contributed by atoms with Crippen molar-refractivity contribution in [1.29, 1.82) is 0 Å². The fourth-order valence-electron chi connectivity index (χ4n) is 7.80. The van der Waals surface area contributed by atoms with Crippen molar-refractivity contribution in [2.75, 3.05) is 19.8 Å². The van der Waals surface area contributed by atoms with E-state index in [-0.39, 0.29) is 25.2 Å². The molecule has 0 rings (SSSR count). The minimum Gasteiger partial charge on any atom is -0.462 e. The number of unbranched alkanes of at least 4 members (excludes halogenated alkanes) is 20. The fraction of sp³-hybridized carbons (Fsp3) is 0.642. The molecular formula is C67H110O5. The molecule has 5 heteroatoms. The third kappa shape index (κ3) is 58.6. The molecule has 408 valence electrons. The van der Waals surface area contributed by atoms with Gasteiger partial charge in [0.15, 0.2) is 6.10 Å². The van der Waals surface area contributed by atoms with Crippen molar-refractivity contribution in [3.63, 3.8) is 0 Å². The van der Waals surface area contributed by atoms with Crippen LogP contribution in [0.1, 0.15) is 252 Å². The van der Waals surface area contributed by atoms with E-state index >= 15 is 0 Å². The van der Waals surface area contributed by atoms with Crippen LogP contribution in [0, 0.1) is 0 Å². The Labute approximate surface area is 445 Å². The molecule has 0 N–H and O–H groups in total. The zero-order valence-corrected chi connectivity index (χ0v) is 46.9. The Kier molecular flexibility index (Phi) is 58.0. The summed E-state index contributed by atoms with van der Waals surface area (Å²) in [6.07, 6.45) is 87.7. The van der Waals surface area contributed by atoms with Crippen LogP contribution in [-0.4, -0.2) is 37.9 Å². The van der Waals surface area contributed by atoms with Gasteiger partial charge in [-0.1, -0.05) is 244 Å². The highest BCUT2D eigenvalue weighted by atomic mass is 16.6. The maximum Gasteiger partial charge on any atom is 0.306 e. The lowest BCUT2D eigenvalue weighted by Crippen LogP contribution is -2.30. The maximum absolute atomic E-state index is 12.9. The van der Waals surface area contributed by atoms with Gasteiger partial charge in [0.05, 0.1) is 6.61 Å². The summed E-state index contributed by atoms with van der Waals surface area (Å²) in [6.45, 7) is 7.50. The topological polar surface area (TPSA) is 61.8 Å². The Hall–Kier alpha value is -3.96. The van der Waals surface area contributed by atoms with Crippen molar-refractivity contribution >= 4 is 11.9 Å². The SMILES string of the molecule is CC/C=C\C/C=C\C/C=C\C/C=C\C/C=C\CCCC(=O)OC(COCCCCCCCCCCCC/C=C\C/C=C\CCCCC)COC(=O)CCCCCCCC/C=C\C/C=C\C/C=C\C/C=C\CC. The van der Waals surface area contributed by atoms with Gasteiger partial charge < -0.3 is 14.2 Å². The molecule has 0 aliphatic carbocycles. The number of ether oxygens (including phenoxy) is 3. The van der Waals surface area contributed by atoms with Crippen LogP contribution in [-0.2, 0) is 23.8 Å². The van der Waals surface area contributed by atoms with Crippen LogP contribution in [0.3, 0.4) is 0 Å². The lowest BCUT2D eigenvalue weighted by Gasteiger charge is -2.18. The standard InChI is InChI=1S/C67H110O5/c1-4-7-10-13-16-19-22-25-28-31-33-35-38-41-44-47-50-53-56-59-62-70-63-65(72-67(69)61-58-55-52-49-46-43-40-36-30-27-24-21-18-15-12-9-6-3)64-71-66(68)60-57-54-51-48-45-42-39-37-34-32-29-26-23-20-17-14-11-8-5-2/h8-9,11-12,16-21,25-30,34,37,40,43,49,52,65H,4-7,10,13-15,22-24,31-33,35-36,38-39,41-42,44-48,50-51,53-64H2,1-3H3/b11-8-,12-9-,19-16-,20-17-,21-18-,28-25-,29-26-,30-27-,37-34-,43-40-,52-49-. The van der Waals surface area contributed by atoms with E-state index in [4.69, 9.17) is 14.2 Å². The quantitative estimate of drug-likeness (QED) is 0.0345. The van der Waals surface area contributed by atoms with E-state index in [0.717, 1.165) is 116 Å². The van der Waals surface area contributed by atoms with Crippen LogP contribution < -0.4 is 0 Å². The average molecular weight is 996 g/mol. The molecule has 0 fully saturated rings. The van der Waals surface area contributed by atoms with Crippen molar-refractivity contribution in [3.8, 4) is 0 Å². The summed E-state index contributed by atoms with van der Waals surface area (Å²) in [4.78, 5) is 25.5. The first kappa shape index (κ1) is 68.0. The Morgan fingerprint density at radius 2 is 0.639 bits per heavy atom. The molecule has 0 aliphatic heterocycles. The van der Waals surface area contributed by atoms with Crippen LogP contribution in [0.4, 0.5) is 0 Å². The van der Waals surface area contributed by atoms with Crippen molar-refractivity contribution in [1.82, 2.24) is 0 Å². The van der Waals surface area contributed by atoms with Gasteiger partial charge in [-0.3, -0.25) is 9.59 Å². The number of hydrogen-bond donors (Lipinski definition) is 0. The minimum absolute atomic E-state index is 0.0458. The lowest BCUT2D eigenvalue weighted by molar-refractivity contribution is -0.162. The Morgan fingerprint density at radius 3 is 1.04 bits per heavy atom. The number of esters is 2. The molecule has 0 radical (unpaired) electrons. The minimum atomic E-state index is -0.585. The molecule has 1 unspecified atom stereocenters. The second-order valence-electron chi connectivity index (χ2n) is 19.1. The van der Waals surface area contributed by atoms with E-state index in [0.29, 0.717) is 19.4 Å². The summed E-state index contributed by atoms with van der Waals surface area (Å²) in [6, 6.07) is 0. The molecule has 5 nitrogen and oxygen atoms in total. The Balaban J connectivity index is 4.41. The fourth-order valence-corrected chi connectivity index (χ4v) is 7.80. The molecule has 72 heavy (non-hydrogen) atoms. The van der Waals surface area contributed by atoms with E-state index < -0.39 is 6.10 Å². The van der Waals surface area contributed by atoms with Gasteiger partial charge in [-0.05, 0) is 128 Å². The van der Waals surface area contributed by atoms with Crippen molar-refractivity contribution in [2.45, 2.75) is 258 Å². The van der Waals surface area contributed by atoms with Gasteiger partial charge in [0.2, 0.25) is 0 Å². The van der Waals surface area contributed by atoms with Gasteiger partial charge in [0, 0.05) is 19.4 Å². The molecule has 0 aromatic heterocycles. The molecule has 0 saturated heterocycles. The van der Waals surface area contributed by atoms with Gasteiger partial charge in [0.1, 0.15) is 6.61 Å². The monoisotopic (exact) mass is 995 g/mol. The van der Waals surface area contributed by atoms with E-state index in [1.54, 1.807) is 0 Å². The molecule has 0 heterocycles. The second-order valence-corrected chi connectivity index (χ2v) is 19.1. The zero-order valence-electron chi connectivity index (χ0n) is 46.9. The second kappa shape index (κ2) is 61.3. The predicted octanol–water partition coefficient (Wildman–Crippen LogP) is 20.7. The Bertz CT molecular complexity index is 1500. The van der Waals surface area contributed by atoms with Crippen molar-refractivity contribution in [2.24, 2.45) is 0 Å². The highest BCUT2D eigenvalue weighted by molar-refractivity contribution is 5.70. The van der Waals surface area contributed by atoms with Crippen LogP contribution in [0.25, 0.3) is 0 Å². The summed E-state index contributed by atoms with van der Waals surface area (Å²) >= 11 is 0. The van der Waals surface area contributed by atoms with Crippen LogP contribution in [0.15, 0.2) is 134 Å². The third-order valence-electron chi connectivity index (χ3n) is 12.2. The average Bonchev–Trinajstić information content (AvgIpc) is 3.38. The molecular weight excluding hydrogens is 885 g/mol. The largest absolute Gasteiger partial charge is 0.462 e. The molecule has 0 saturated carbocycles. The van der Waals surface area contributed by atoms with Gasteiger partial charge in [-0.15, -0.1) is 0 Å². The van der Waals surface area contributed by atoms with Crippen molar-refractivity contribution in [3.05, 3.63) is 134 Å². The maximum atomic E-state index is 12.9. The van der Waals surface area contributed by atoms with Crippen molar-refractivity contribution < 1.29 is 23.8 Å². The first-order valence-corrected chi connectivity index (χ1v) is 29.7. The summed E-state index contributed by atoms with van der Waals surface area (Å²) in [5.41, 5.74) is 0. The number of rotatable bonds is 53. The number of carbonyl (C=O) groups excluding carboxylic acids is 2. The molecule has 0 amide bonds. The van der Waals surface area contributed by atoms with E-state index in [1.807, 2.05) is 0 Å². The summed E-state index contributed by atoms with van der Waals surface area (Å²) < 4.78 is 17.4. The van der Waals surface area contributed by atoms with E-state index in [2.05, 4.69) is 154 Å². The van der Waals surface area contributed by atoms with E-state index in [9.17, 15) is 9.59 Å². The molecule has 0 aliphatic rings. The first-order chi connectivity index (χ1) is 35.6. The number of hydrogen-bond acceptors (Lipinski definition) is 5. The summed E-state index contributed by atoms with van der Waals surface area (Å²) in [5.74, 6) is -0.486. The first-order valence-electron chi connectivity index (χ1n) is 29.7. The molecule has 0 bridgehead atoms. The van der Waals surface area contributed by atoms with Crippen LogP contribution in [0.2, 0.25) is 0 Å². The Morgan fingerprint density at radius 1 is 0.319 bits per heavy atom.